The third-order valence-corrected chi connectivity index (χ3v) is 4.50. The number of nitrogens with one attached hydrogen (secondary N) is 3. The average Bonchev–Trinajstić information content (AvgIpc) is 3.05. The van der Waals surface area contributed by atoms with Crippen LogP contribution in [0, 0.1) is 24.2 Å². The van der Waals surface area contributed by atoms with Crippen molar-refractivity contribution in [2.75, 3.05) is 13.1 Å². The van der Waals surface area contributed by atoms with E-state index in [1.165, 1.54) is 0 Å². The molecule has 27 heavy (non-hydrogen) atoms. The normalized spacial score (nSPS) is 17.6. The molecule has 2 rings (SSSR count). The van der Waals surface area contributed by atoms with E-state index in [0.29, 0.717) is 18.5 Å². The molecule has 1 fully saturated rings. The number of aryl methyl sites for hydroxylation is 1. The van der Waals surface area contributed by atoms with Gasteiger partial charge in [-0.05, 0) is 43.9 Å². The van der Waals surface area contributed by atoms with E-state index in [2.05, 4.69) is 16.0 Å². The molecule has 1 heterocycles. The summed E-state index contributed by atoms with van der Waals surface area (Å²) >= 11 is 0. The highest BCUT2D eigenvalue weighted by molar-refractivity contribution is 5.99. The standard InChI is InChI=1S/C20H24N4O3/c1-13-5-3-4-6-15(13)9-14(2)19(26)23-12-18(25)24-17(11-21)10-16-7-8-22-20(16)27/h3-6,9,16-17H,7-8,10,12H2,1-2H3,(H,22,27)(H,23,26)(H,24,25)/b14-9+. The van der Waals surface area contributed by atoms with E-state index in [1.54, 1.807) is 13.0 Å². The number of rotatable bonds is 7. The van der Waals surface area contributed by atoms with E-state index in [-0.39, 0.29) is 30.7 Å². The predicted octanol–water partition coefficient (Wildman–Crippen LogP) is 1.05. The van der Waals surface area contributed by atoms with Crippen molar-refractivity contribution in [2.24, 2.45) is 5.92 Å². The number of hydrogen-bond donors (Lipinski definition) is 3. The van der Waals surface area contributed by atoms with Gasteiger partial charge in [0.2, 0.25) is 17.7 Å². The summed E-state index contributed by atoms with van der Waals surface area (Å²) in [4.78, 5) is 35.8. The minimum Gasteiger partial charge on any atom is -0.356 e. The SMILES string of the molecule is C/C(=C\c1ccccc1C)C(=O)NCC(=O)NC(C#N)CC1CCNC1=O. The van der Waals surface area contributed by atoms with Crippen LogP contribution in [-0.4, -0.2) is 36.9 Å². The highest BCUT2D eigenvalue weighted by Gasteiger charge is 2.27. The van der Waals surface area contributed by atoms with Crippen molar-refractivity contribution in [1.29, 1.82) is 5.26 Å². The maximum absolute atomic E-state index is 12.2. The Morgan fingerprint density at radius 1 is 1.41 bits per heavy atom. The minimum atomic E-state index is -0.758. The van der Waals surface area contributed by atoms with Gasteiger partial charge in [0.25, 0.3) is 0 Å². The Morgan fingerprint density at radius 3 is 2.78 bits per heavy atom. The summed E-state index contributed by atoms with van der Waals surface area (Å²) in [5, 5.41) is 17.0. The van der Waals surface area contributed by atoms with Crippen LogP contribution >= 0.6 is 0 Å². The third kappa shape index (κ3) is 5.96. The van der Waals surface area contributed by atoms with Gasteiger partial charge in [0.15, 0.2) is 0 Å². The summed E-state index contributed by atoms with van der Waals surface area (Å²) < 4.78 is 0. The molecule has 2 unspecified atom stereocenters. The average molecular weight is 368 g/mol. The van der Waals surface area contributed by atoms with Crippen LogP contribution in [0.15, 0.2) is 29.8 Å². The van der Waals surface area contributed by atoms with Gasteiger partial charge in [0, 0.05) is 18.0 Å². The van der Waals surface area contributed by atoms with Crippen LogP contribution in [0.25, 0.3) is 6.08 Å². The van der Waals surface area contributed by atoms with Gasteiger partial charge in [-0.3, -0.25) is 14.4 Å². The van der Waals surface area contributed by atoms with E-state index in [1.807, 2.05) is 37.3 Å². The van der Waals surface area contributed by atoms with E-state index in [0.717, 1.165) is 11.1 Å². The first kappa shape index (κ1) is 20.2. The second-order valence-corrected chi connectivity index (χ2v) is 6.63. The van der Waals surface area contributed by atoms with Crippen molar-refractivity contribution in [3.05, 3.63) is 41.0 Å². The van der Waals surface area contributed by atoms with E-state index >= 15 is 0 Å². The Hall–Kier alpha value is -3.14. The lowest BCUT2D eigenvalue weighted by molar-refractivity contribution is -0.125. The van der Waals surface area contributed by atoms with E-state index in [4.69, 9.17) is 0 Å². The first-order valence-electron chi connectivity index (χ1n) is 8.89. The number of nitrogens with zero attached hydrogens (tertiary/aromatic N) is 1. The van der Waals surface area contributed by atoms with Gasteiger partial charge in [0.05, 0.1) is 12.6 Å². The second kappa shape index (κ2) is 9.53. The molecule has 7 heteroatoms. The molecular formula is C20H24N4O3. The number of amides is 3. The summed E-state index contributed by atoms with van der Waals surface area (Å²) in [6.07, 6.45) is 2.69. The predicted molar refractivity (Wildman–Crippen MR) is 101 cm³/mol. The largest absolute Gasteiger partial charge is 0.356 e. The number of benzene rings is 1. The maximum Gasteiger partial charge on any atom is 0.247 e. The molecule has 1 saturated heterocycles. The molecule has 1 aliphatic rings. The lowest BCUT2D eigenvalue weighted by atomic mass is 9.99. The molecule has 2 atom stereocenters. The summed E-state index contributed by atoms with van der Waals surface area (Å²) in [6.45, 7) is 4.00. The third-order valence-electron chi connectivity index (χ3n) is 4.50. The molecule has 3 amide bonds. The fourth-order valence-electron chi connectivity index (χ4n) is 2.89. The molecule has 0 aliphatic carbocycles. The molecule has 1 aliphatic heterocycles. The molecular weight excluding hydrogens is 344 g/mol. The number of nitriles is 1. The molecule has 0 aromatic heterocycles. The highest BCUT2D eigenvalue weighted by Crippen LogP contribution is 2.16. The van der Waals surface area contributed by atoms with Crippen LogP contribution in [0.5, 0.6) is 0 Å². The highest BCUT2D eigenvalue weighted by atomic mass is 16.2. The fourth-order valence-corrected chi connectivity index (χ4v) is 2.89. The molecule has 0 spiro atoms. The molecule has 3 N–H and O–H groups in total. The van der Waals surface area contributed by atoms with E-state index < -0.39 is 11.9 Å². The minimum absolute atomic E-state index is 0.0882. The zero-order valence-electron chi connectivity index (χ0n) is 15.5. The quantitative estimate of drug-likeness (QED) is 0.625. The van der Waals surface area contributed by atoms with Gasteiger partial charge in [0.1, 0.15) is 6.04 Å². The Kier molecular flexibility index (Phi) is 7.12. The summed E-state index contributed by atoms with van der Waals surface area (Å²) in [5.74, 6) is -1.16. The number of hydrogen-bond acceptors (Lipinski definition) is 4. The molecule has 0 saturated carbocycles. The zero-order chi connectivity index (χ0) is 19.8. The Bertz CT molecular complexity index is 795. The van der Waals surface area contributed by atoms with Gasteiger partial charge in [-0.15, -0.1) is 0 Å². The summed E-state index contributed by atoms with van der Waals surface area (Å²) in [7, 11) is 0. The van der Waals surface area contributed by atoms with E-state index in [9.17, 15) is 19.6 Å². The topological polar surface area (TPSA) is 111 Å². The lowest BCUT2D eigenvalue weighted by Gasteiger charge is -2.14. The van der Waals surface area contributed by atoms with Crippen LogP contribution in [0.3, 0.4) is 0 Å². The molecule has 0 bridgehead atoms. The number of carbonyl (C=O) groups excluding carboxylic acids is 3. The Morgan fingerprint density at radius 2 is 2.15 bits per heavy atom. The monoisotopic (exact) mass is 368 g/mol. The van der Waals surface area contributed by atoms with Crippen LogP contribution in [0.2, 0.25) is 0 Å². The van der Waals surface area contributed by atoms with Crippen LogP contribution in [0.4, 0.5) is 0 Å². The molecule has 7 nitrogen and oxygen atoms in total. The van der Waals surface area contributed by atoms with Crippen molar-refractivity contribution in [1.82, 2.24) is 16.0 Å². The van der Waals surface area contributed by atoms with Crippen molar-refractivity contribution in [2.45, 2.75) is 32.7 Å². The Balaban J connectivity index is 1.83. The van der Waals surface area contributed by atoms with Gasteiger partial charge in [-0.2, -0.15) is 5.26 Å². The van der Waals surface area contributed by atoms with Crippen LogP contribution in [-0.2, 0) is 14.4 Å². The molecule has 1 aromatic carbocycles. The molecule has 0 radical (unpaired) electrons. The van der Waals surface area contributed by atoms with Gasteiger partial charge < -0.3 is 16.0 Å². The van der Waals surface area contributed by atoms with Crippen molar-refractivity contribution in [3.8, 4) is 6.07 Å². The lowest BCUT2D eigenvalue weighted by Crippen LogP contribution is -2.42. The van der Waals surface area contributed by atoms with Crippen LogP contribution < -0.4 is 16.0 Å². The maximum atomic E-state index is 12.2. The van der Waals surface area contributed by atoms with Crippen molar-refractivity contribution < 1.29 is 14.4 Å². The first-order chi connectivity index (χ1) is 12.9. The Labute approximate surface area is 158 Å². The fraction of sp³-hybridized carbons (Fsp3) is 0.400. The molecule has 1 aromatic rings. The van der Waals surface area contributed by atoms with Gasteiger partial charge in [-0.25, -0.2) is 0 Å². The summed E-state index contributed by atoms with van der Waals surface area (Å²) in [5.41, 5.74) is 2.47. The summed E-state index contributed by atoms with van der Waals surface area (Å²) in [6, 6.07) is 8.92. The van der Waals surface area contributed by atoms with Crippen LogP contribution in [0.1, 0.15) is 30.9 Å². The van der Waals surface area contributed by atoms with Gasteiger partial charge >= 0.3 is 0 Å². The molecule has 142 valence electrons. The smallest absolute Gasteiger partial charge is 0.247 e. The second-order valence-electron chi connectivity index (χ2n) is 6.63. The zero-order valence-corrected chi connectivity index (χ0v) is 15.5. The first-order valence-corrected chi connectivity index (χ1v) is 8.89. The van der Waals surface area contributed by atoms with Crippen molar-refractivity contribution >= 4 is 23.8 Å². The van der Waals surface area contributed by atoms with Crippen molar-refractivity contribution in [3.63, 3.8) is 0 Å². The number of carbonyl (C=O) groups is 3. The van der Waals surface area contributed by atoms with Gasteiger partial charge in [-0.1, -0.05) is 24.3 Å².